The number of allylic oxidation sites excluding steroid dienone is 8. The van der Waals surface area contributed by atoms with Gasteiger partial charge in [-0.3, -0.25) is 0 Å². The number of benzene rings is 2. The van der Waals surface area contributed by atoms with E-state index in [9.17, 15) is 9.59 Å². The number of carbonyl (C=O) groups is 2. The Balaban J connectivity index is 1.60. The molecular formula is C40H46F4N2O2Ti. The molecule has 4 aliphatic rings. The van der Waals surface area contributed by atoms with Gasteiger partial charge in [0.2, 0.25) is 0 Å². The molecule has 2 fully saturated rings. The van der Waals surface area contributed by atoms with Crippen LogP contribution in [0.2, 0.25) is 8.45 Å². The van der Waals surface area contributed by atoms with Crippen LogP contribution in [-0.4, -0.2) is 24.9 Å². The van der Waals surface area contributed by atoms with Crippen LogP contribution >= 0.6 is 0 Å². The van der Waals surface area contributed by atoms with Crippen LogP contribution in [0.4, 0.5) is 28.9 Å². The first-order valence-corrected chi connectivity index (χ1v) is 21.4. The zero-order chi connectivity index (χ0) is 34.7. The first-order valence-electron chi connectivity index (χ1n) is 18.0. The topological polar surface area (TPSA) is 40.6 Å². The van der Waals surface area contributed by atoms with Crippen molar-refractivity contribution in [2.24, 2.45) is 11.8 Å². The number of halogens is 4. The molecule has 260 valence electrons. The molecule has 49 heavy (non-hydrogen) atoms. The SMILES string of the molecule is CCN(C(=O)C1CCCCC1)c1ccc(F)[c]([Ti]([c]2c(F)ccc(N(CC)C(=O)C3CCCCC3)c2F)([CH]2C=CC=C2)[CH]2C=CC=C2)c1F. The predicted octanol–water partition coefficient (Wildman–Crippen LogP) is 9.04. The molecule has 0 unspecified atom stereocenters. The molecule has 0 saturated heterocycles. The first-order chi connectivity index (χ1) is 23.7. The van der Waals surface area contributed by atoms with Crippen LogP contribution in [0.5, 0.6) is 0 Å². The second kappa shape index (κ2) is 15.3. The van der Waals surface area contributed by atoms with Crippen LogP contribution in [0.3, 0.4) is 0 Å². The summed E-state index contributed by atoms with van der Waals surface area (Å²) in [5, 5.41) is 0. The summed E-state index contributed by atoms with van der Waals surface area (Å²) < 4.78 is 66.5. The van der Waals surface area contributed by atoms with Crippen molar-refractivity contribution in [3.05, 3.63) is 96.1 Å². The van der Waals surface area contributed by atoms with Crippen molar-refractivity contribution in [1.29, 1.82) is 0 Å². The number of hydrogen-bond donors (Lipinski definition) is 0. The Labute approximate surface area is 291 Å². The predicted molar refractivity (Wildman–Crippen MR) is 185 cm³/mol. The molecule has 2 amide bonds. The molecule has 2 aromatic rings. The van der Waals surface area contributed by atoms with Crippen molar-refractivity contribution in [2.75, 3.05) is 22.9 Å². The molecule has 4 aliphatic carbocycles. The van der Waals surface area contributed by atoms with Gasteiger partial charge in [0, 0.05) is 0 Å². The van der Waals surface area contributed by atoms with E-state index in [4.69, 9.17) is 0 Å². The van der Waals surface area contributed by atoms with Gasteiger partial charge >= 0.3 is 292 Å². The number of carbonyl (C=O) groups excluding carboxylic acids is 2. The van der Waals surface area contributed by atoms with Gasteiger partial charge in [0.05, 0.1) is 0 Å². The molecule has 0 heterocycles. The van der Waals surface area contributed by atoms with Crippen molar-refractivity contribution >= 4 is 30.9 Å². The minimum absolute atomic E-state index is 0.0685. The molecule has 0 aromatic heterocycles. The molecule has 4 nitrogen and oxygen atoms in total. The van der Waals surface area contributed by atoms with Crippen LogP contribution < -0.4 is 17.5 Å². The Hall–Kier alpha value is -3.23. The second-order valence-corrected chi connectivity index (χ2v) is 20.2. The summed E-state index contributed by atoms with van der Waals surface area (Å²) in [5.41, 5.74) is -0.137. The maximum absolute atomic E-state index is 17.6. The van der Waals surface area contributed by atoms with E-state index in [1.165, 1.54) is 21.9 Å². The molecule has 0 atom stereocenters. The third-order valence-electron chi connectivity index (χ3n) is 11.2. The van der Waals surface area contributed by atoms with Crippen LogP contribution in [0.15, 0.2) is 72.9 Å². The summed E-state index contributed by atoms with van der Waals surface area (Å²) in [6.45, 7) is 3.84. The van der Waals surface area contributed by atoms with E-state index in [0.717, 1.165) is 50.7 Å². The van der Waals surface area contributed by atoms with E-state index in [2.05, 4.69) is 0 Å². The molecule has 2 saturated carbocycles. The van der Waals surface area contributed by atoms with Crippen molar-refractivity contribution in [3.8, 4) is 0 Å². The Morgan fingerprint density at radius 1 is 0.592 bits per heavy atom. The van der Waals surface area contributed by atoms with E-state index in [-0.39, 0.29) is 55.9 Å². The van der Waals surface area contributed by atoms with Crippen molar-refractivity contribution < 1.29 is 43.7 Å². The molecule has 9 heteroatoms. The molecule has 0 spiro atoms. The van der Waals surface area contributed by atoms with Gasteiger partial charge in [-0.2, -0.15) is 0 Å². The van der Waals surface area contributed by atoms with Crippen molar-refractivity contribution in [1.82, 2.24) is 0 Å². The Morgan fingerprint density at radius 3 is 1.27 bits per heavy atom. The van der Waals surface area contributed by atoms with Gasteiger partial charge in [0.15, 0.2) is 0 Å². The van der Waals surface area contributed by atoms with E-state index in [0.29, 0.717) is 25.7 Å². The quantitative estimate of drug-likeness (QED) is 0.183. The summed E-state index contributed by atoms with van der Waals surface area (Å²) >= 11 is -5.12. The van der Waals surface area contributed by atoms with Gasteiger partial charge < -0.3 is 0 Å². The fourth-order valence-electron chi connectivity index (χ4n) is 8.77. The number of rotatable bonds is 10. The van der Waals surface area contributed by atoms with Crippen LogP contribution in [0.1, 0.15) is 78.1 Å². The number of amides is 2. The van der Waals surface area contributed by atoms with E-state index >= 15 is 17.6 Å². The monoisotopic (exact) mass is 710 g/mol. The summed E-state index contributed by atoms with van der Waals surface area (Å²) in [5.74, 6) is -4.61. The van der Waals surface area contributed by atoms with Crippen molar-refractivity contribution in [2.45, 2.75) is 86.5 Å². The normalized spacial score (nSPS) is 18.9. The van der Waals surface area contributed by atoms with Crippen LogP contribution in [0, 0.1) is 35.1 Å². The van der Waals surface area contributed by atoms with Gasteiger partial charge in [-0.1, -0.05) is 0 Å². The molecule has 0 aliphatic heterocycles. The van der Waals surface area contributed by atoms with Gasteiger partial charge in [-0.05, 0) is 0 Å². The summed E-state index contributed by atoms with van der Waals surface area (Å²) in [6, 6.07) is 4.88. The average Bonchev–Trinajstić information content (AvgIpc) is 3.87. The van der Waals surface area contributed by atoms with E-state index in [1.54, 1.807) is 62.5 Å². The molecule has 0 radical (unpaired) electrons. The zero-order valence-corrected chi connectivity index (χ0v) is 30.0. The van der Waals surface area contributed by atoms with Crippen molar-refractivity contribution in [3.63, 3.8) is 0 Å². The summed E-state index contributed by atoms with van der Waals surface area (Å²) in [7, 11) is 0. The van der Waals surface area contributed by atoms with E-state index < -0.39 is 48.3 Å². The molecule has 0 N–H and O–H groups in total. The fourth-order valence-corrected chi connectivity index (χ4v) is 17.6. The number of anilines is 2. The number of nitrogens with zero attached hydrogens (tertiary/aromatic N) is 2. The molecule has 0 bridgehead atoms. The van der Waals surface area contributed by atoms with Gasteiger partial charge in [0.25, 0.3) is 0 Å². The van der Waals surface area contributed by atoms with Crippen LogP contribution in [-0.2, 0) is 26.2 Å². The first kappa shape index (κ1) is 35.6. The third-order valence-corrected chi connectivity index (χ3v) is 19.7. The van der Waals surface area contributed by atoms with Gasteiger partial charge in [0.1, 0.15) is 0 Å². The van der Waals surface area contributed by atoms with Crippen LogP contribution in [0.25, 0.3) is 0 Å². The van der Waals surface area contributed by atoms with Gasteiger partial charge in [-0.25, -0.2) is 0 Å². The number of hydrogen-bond acceptors (Lipinski definition) is 2. The minimum atomic E-state index is -5.12. The second-order valence-electron chi connectivity index (χ2n) is 13.8. The standard InChI is InChI=1S/2C15H18F2NO.2C5H5.Ti/c2*1-2-18(14-9-8-12(16)10-13(14)17)15(19)11-6-4-3-5-7-11;2*1-2-4-5-3-1;/h2*8-9,11H,2-7H2,1H3;2*1-5H;. The molecular weight excluding hydrogens is 664 g/mol. The third kappa shape index (κ3) is 6.44. The summed E-state index contributed by atoms with van der Waals surface area (Å²) in [4.78, 5) is 30.5. The van der Waals surface area contributed by atoms with E-state index in [1.807, 2.05) is 0 Å². The molecule has 6 rings (SSSR count). The van der Waals surface area contributed by atoms with Gasteiger partial charge in [-0.15, -0.1) is 0 Å². The Morgan fingerprint density at radius 2 is 0.939 bits per heavy atom. The average molecular weight is 711 g/mol. The Bertz CT molecular complexity index is 1540. The Kier molecular flexibility index (Phi) is 11.1. The fraction of sp³-hybridized carbons (Fsp3) is 0.450. The zero-order valence-electron chi connectivity index (χ0n) is 28.4. The summed E-state index contributed by atoms with van der Waals surface area (Å²) in [6.07, 6.45) is 22.7. The molecule has 2 aromatic carbocycles. The maximum atomic E-state index is 17.6.